The average molecular weight is 254 g/mol. The Balaban J connectivity index is 2.16. The molecule has 0 aliphatic heterocycles. The summed E-state index contributed by atoms with van der Waals surface area (Å²) in [7, 11) is 0. The summed E-state index contributed by atoms with van der Waals surface area (Å²) >= 11 is 0. The second kappa shape index (κ2) is 4.31. The summed E-state index contributed by atoms with van der Waals surface area (Å²) in [5.74, 6) is -0.816. The molecule has 0 unspecified atom stereocenters. The van der Waals surface area contributed by atoms with Crippen LogP contribution in [0.4, 0.5) is 4.39 Å². The molecular weight excluding hydrogens is 243 g/mol. The van der Waals surface area contributed by atoms with E-state index < -0.39 is 5.82 Å². The van der Waals surface area contributed by atoms with Gasteiger partial charge in [0.25, 0.3) is 0 Å². The molecule has 3 nitrogen and oxygen atoms in total. The lowest BCUT2D eigenvalue weighted by atomic mass is 9.97. The Morgan fingerprint density at radius 3 is 2.79 bits per heavy atom. The predicted octanol–water partition coefficient (Wildman–Crippen LogP) is 3.24. The minimum absolute atomic E-state index is 0.0875. The van der Waals surface area contributed by atoms with Crippen molar-refractivity contribution in [2.45, 2.75) is 6.92 Å². The number of aryl methyl sites for hydroxylation is 1. The number of hydrogen-bond acceptors (Lipinski definition) is 2. The van der Waals surface area contributed by atoms with E-state index in [0.29, 0.717) is 5.56 Å². The molecule has 0 saturated heterocycles. The topological polar surface area (TPSA) is 45.8 Å². The molecule has 1 N–H and O–H groups in total. The zero-order valence-corrected chi connectivity index (χ0v) is 10.3. The number of aromatic amines is 1. The van der Waals surface area contributed by atoms with Gasteiger partial charge in [-0.15, -0.1) is 0 Å². The van der Waals surface area contributed by atoms with E-state index in [9.17, 15) is 9.18 Å². The number of fused-ring (bicyclic) bond motifs is 1. The minimum Gasteiger partial charge on any atom is -0.288 e. The fraction of sp³-hybridized carbons (Fsp3) is 0.0667. The number of halogens is 1. The third kappa shape index (κ3) is 1.91. The molecule has 1 aromatic heterocycles. The number of hydrogen-bond donors (Lipinski definition) is 1. The Morgan fingerprint density at radius 2 is 2.00 bits per heavy atom. The molecule has 0 radical (unpaired) electrons. The molecule has 0 atom stereocenters. The van der Waals surface area contributed by atoms with Gasteiger partial charge in [0.2, 0.25) is 0 Å². The quantitative estimate of drug-likeness (QED) is 0.713. The Morgan fingerprint density at radius 1 is 1.21 bits per heavy atom. The van der Waals surface area contributed by atoms with Crippen molar-refractivity contribution in [2.24, 2.45) is 0 Å². The van der Waals surface area contributed by atoms with Crippen molar-refractivity contribution in [3.63, 3.8) is 0 Å². The van der Waals surface area contributed by atoms with Crippen molar-refractivity contribution < 1.29 is 9.18 Å². The number of carbonyl (C=O) groups excluding carboxylic acids is 1. The van der Waals surface area contributed by atoms with E-state index in [1.165, 1.54) is 12.1 Å². The maximum atomic E-state index is 13.7. The highest BCUT2D eigenvalue weighted by Crippen LogP contribution is 2.21. The van der Waals surface area contributed by atoms with Crippen LogP contribution in [0.15, 0.2) is 42.6 Å². The first-order valence-electron chi connectivity index (χ1n) is 5.90. The lowest BCUT2D eigenvalue weighted by Crippen LogP contribution is -2.06. The van der Waals surface area contributed by atoms with Crippen LogP contribution in [0.3, 0.4) is 0 Å². The number of ketones is 1. The highest BCUT2D eigenvalue weighted by Gasteiger charge is 2.16. The molecule has 94 valence electrons. The van der Waals surface area contributed by atoms with E-state index >= 15 is 0 Å². The first kappa shape index (κ1) is 11.6. The Kier molecular flexibility index (Phi) is 2.63. The number of aromatic nitrogens is 2. The van der Waals surface area contributed by atoms with Crippen molar-refractivity contribution in [3.05, 3.63) is 65.1 Å². The van der Waals surface area contributed by atoms with Crippen molar-refractivity contribution in [1.82, 2.24) is 10.2 Å². The van der Waals surface area contributed by atoms with Gasteiger partial charge >= 0.3 is 0 Å². The summed E-state index contributed by atoms with van der Waals surface area (Å²) in [4.78, 5) is 12.4. The summed E-state index contributed by atoms with van der Waals surface area (Å²) in [5, 5.41) is 7.67. The number of benzene rings is 2. The summed E-state index contributed by atoms with van der Waals surface area (Å²) < 4.78 is 13.7. The van der Waals surface area contributed by atoms with Gasteiger partial charge in [0.15, 0.2) is 5.78 Å². The maximum absolute atomic E-state index is 13.7. The van der Waals surface area contributed by atoms with Gasteiger partial charge in [-0.25, -0.2) is 4.39 Å². The molecule has 0 bridgehead atoms. The van der Waals surface area contributed by atoms with E-state index in [4.69, 9.17) is 0 Å². The number of nitrogens with zero attached hydrogens (tertiary/aromatic N) is 1. The van der Waals surface area contributed by atoms with Crippen LogP contribution in [0.5, 0.6) is 0 Å². The fourth-order valence-corrected chi connectivity index (χ4v) is 2.14. The normalized spacial score (nSPS) is 10.8. The van der Waals surface area contributed by atoms with E-state index in [1.807, 2.05) is 13.0 Å². The smallest absolute Gasteiger partial charge is 0.196 e. The largest absolute Gasteiger partial charge is 0.288 e. The average Bonchev–Trinajstić information content (AvgIpc) is 2.84. The lowest BCUT2D eigenvalue weighted by molar-refractivity contribution is 0.103. The van der Waals surface area contributed by atoms with Gasteiger partial charge in [-0.3, -0.25) is 9.89 Å². The molecule has 3 rings (SSSR count). The molecule has 0 saturated carbocycles. The molecule has 2 aromatic carbocycles. The summed E-state index contributed by atoms with van der Waals surface area (Å²) in [6.45, 7) is 1.83. The second-order valence-corrected chi connectivity index (χ2v) is 4.43. The van der Waals surface area contributed by atoms with Crippen molar-refractivity contribution in [2.75, 3.05) is 0 Å². The molecule has 3 aromatic rings. The Labute approximate surface area is 109 Å². The van der Waals surface area contributed by atoms with Crippen LogP contribution < -0.4 is 0 Å². The van der Waals surface area contributed by atoms with Crippen LogP contribution in [0, 0.1) is 12.7 Å². The molecule has 19 heavy (non-hydrogen) atoms. The first-order chi connectivity index (χ1) is 9.16. The van der Waals surface area contributed by atoms with Crippen LogP contribution in [0.2, 0.25) is 0 Å². The minimum atomic E-state index is -0.503. The van der Waals surface area contributed by atoms with E-state index in [1.54, 1.807) is 24.4 Å². The third-order valence-electron chi connectivity index (χ3n) is 3.15. The van der Waals surface area contributed by atoms with Gasteiger partial charge in [-0.2, -0.15) is 5.10 Å². The van der Waals surface area contributed by atoms with Gasteiger partial charge in [-0.05, 0) is 36.8 Å². The molecule has 0 aliphatic carbocycles. The zero-order chi connectivity index (χ0) is 13.4. The van der Waals surface area contributed by atoms with Crippen molar-refractivity contribution in [1.29, 1.82) is 0 Å². The first-order valence-corrected chi connectivity index (χ1v) is 5.90. The second-order valence-electron chi connectivity index (χ2n) is 4.43. The summed E-state index contributed by atoms with van der Waals surface area (Å²) in [6.07, 6.45) is 1.69. The monoisotopic (exact) mass is 254 g/mol. The van der Waals surface area contributed by atoms with Crippen LogP contribution >= 0.6 is 0 Å². The SMILES string of the molecule is Cc1cc2cn[nH]c2cc1C(=O)c1ccccc1F. The summed E-state index contributed by atoms with van der Waals surface area (Å²) in [5.41, 5.74) is 2.15. The van der Waals surface area contributed by atoms with Crippen molar-refractivity contribution >= 4 is 16.7 Å². The van der Waals surface area contributed by atoms with Crippen LogP contribution in [0.1, 0.15) is 21.5 Å². The van der Waals surface area contributed by atoms with Crippen molar-refractivity contribution in [3.8, 4) is 0 Å². The van der Waals surface area contributed by atoms with Crippen LogP contribution in [0.25, 0.3) is 10.9 Å². The highest BCUT2D eigenvalue weighted by atomic mass is 19.1. The number of nitrogens with one attached hydrogen (secondary N) is 1. The zero-order valence-electron chi connectivity index (χ0n) is 10.3. The van der Waals surface area contributed by atoms with E-state index in [2.05, 4.69) is 10.2 Å². The number of carbonyl (C=O) groups is 1. The van der Waals surface area contributed by atoms with Crippen LogP contribution in [-0.2, 0) is 0 Å². The lowest BCUT2D eigenvalue weighted by Gasteiger charge is -2.06. The predicted molar refractivity (Wildman–Crippen MR) is 70.7 cm³/mol. The summed E-state index contributed by atoms with van der Waals surface area (Å²) in [6, 6.07) is 9.59. The molecule has 0 amide bonds. The molecule has 4 heteroatoms. The maximum Gasteiger partial charge on any atom is 0.196 e. The Bertz CT molecular complexity index is 777. The van der Waals surface area contributed by atoms with Gasteiger partial charge in [0, 0.05) is 10.9 Å². The Hall–Kier alpha value is -2.49. The molecule has 0 aliphatic rings. The number of H-pyrrole nitrogens is 1. The molecular formula is C15H11FN2O. The van der Waals surface area contributed by atoms with Gasteiger partial charge < -0.3 is 0 Å². The highest BCUT2D eigenvalue weighted by molar-refractivity contribution is 6.11. The molecule has 1 heterocycles. The van der Waals surface area contributed by atoms with E-state index in [-0.39, 0.29) is 11.3 Å². The van der Waals surface area contributed by atoms with E-state index in [0.717, 1.165) is 16.5 Å². The van der Waals surface area contributed by atoms with Crippen LogP contribution in [-0.4, -0.2) is 16.0 Å². The standard InChI is InChI=1S/C15H11FN2O/c1-9-6-10-8-17-18-14(10)7-12(9)15(19)11-4-2-3-5-13(11)16/h2-8H,1H3,(H,17,18). The fourth-order valence-electron chi connectivity index (χ4n) is 2.14. The van der Waals surface area contributed by atoms with Gasteiger partial charge in [0.05, 0.1) is 17.3 Å². The number of rotatable bonds is 2. The van der Waals surface area contributed by atoms with Gasteiger partial charge in [0.1, 0.15) is 5.82 Å². The van der Waals surface area contributed by atoms with Gasteiger partial charge in [-0.1, -0.05) is 12.1 Å². The molecule has 0 spiro atoms. The third-order valence-corrected chi connectivity index (χ3v) is 3.15. The molecule has 0 fully saturated rings.